The number of aryl methyl sites for hydroxylation is 1. The van der Waals surface area contributed by atoms with Gasteiger partial charge in [-0.25, -0.2) is 4.79 Å². The summed E-state index contributed by atoms with van der Waals surface area (Å²) >= 11 is 4.11. The molecule has 1 heterocycles. The molecule has 0 atom stereocenters. The van der Waals surface area contributed by atoms with Crippen LogP contribution >= 0.6 is 12.6 Å². The van der Waals surface area contributed by atoms with E-state index >= 15 is 0 Å². The molecular weight excluding hydrogens is 236 g/mol. The van der Waals surface area contributed by atoms with Crippen molar-refractivity contribution in [3.63, 3.8) is 0 Å². The highest BCUT2D eigenvalue weighted by Crippen LogP contribution is 2.22. The molecule has 90 valence electrons. The molecule has 2 rings (SSSR count). The Kier molecular flexibility index (Phi) is 3.74. The lowest BCUT2D eigenvalue weighted by Crippen LogP contribution is -2.00. The highest BCUT2D eigenvalue weighted by molar-refractivity contribution is 7.80. The van der Waals surface area contributed by atoms with Gasteiger partial charge in [0, 0.05) is 17.5 Å². The Morgan fingerprint density at radius 1 is 1.35 bits per heavy atom. The van der Waals surface area contributed by atoms with Crippen LogP contribution < -0.4 is 10.4 Å². The lowest BCUT2D eigenvalue weighted by Gasteiger charge is -2.06. The third-order valence-corrected chi connectivity index (χ3v) is 2.81. The molecule has 0 unspecified atom stereocenters. The molecule has 0 aliphatic rings. The van der Waals surface area contributed by atoms with Crippen molar-refractivity contribution in [1.29, 1.82) is 0 Å². The van der Waals surface area contributed by atoms with Gasteiger partial charge in [0.25, 0.3) is 0 Å². The molecule has 0 saturated heterocycles. The normalized spacial score (nSPS) is 10.7. The topological polar surface area (TPSA) is 39.4 Å². The molecule has 0 bridgehead atoms. The van der Waals surface area contributed by atoms with Crippen LogP contribution in [0.4, 0.5) is 0 Å². The van der Waals surface area contributed by atoms with Crippen LogP contribution in [0.25, 0.3) is 11.0 Å². The molecular formula is C13H14O3S. The van der Waals surface area contributed by atoms with Crippen LogP contribution in [0.3, 0.4) is 0 Å². The predicted molar refractivity (Wildman–Crippen MR) is 71.2 cm³/mol. The molecule has 4 heteroatoms. The number of rotatable bonds is 4. The predicted octanol–water partition coefficient (Wildman–Crippen LogP) is 2.80. The molecule has 0 aliphatic heterocycles. The summed E-state index contributed by atoms with van der Waals surface area (Å²) in [5.41, 5.74) is 1.15. The van der Waals surface area contributed by atoms with E-state index in [1.807, 2.05) is 19.1 Å². The van der Waals surface area contributed by atoms with Crippen LogP contribution in [0.2, 0.25) is 0 Å². The Hall–Kier alpha value is -1.42. The smallest absolute Gasteiger partial charge is 0.336 e. The maximum atomic E-state index is 11.3. The van der Waals surface area contributed by atoms with E-state index < -0.39 is 0 Å². The maximum Gasteiger partial charge on any atom is 0.336 e. The zero-order chi connectivity index (χ0) is 12.3. The summed E-state index contributed by atoms with van der Waals surface area (Å²) in [6.45, 7) is 2.51. The van der Waals surface area contributed by atoms with Crippen molar-refractivity contribution in [2.24, 2.45) is 0 Å². The van der Waals surface area contributed by atoms with Gasteiger partial charge < -0.3 is 9.15 Å². The van der Waals surface area contributed by atoms with E-state index in [9.17, 15) is 4.79 Å². The molecule has 1 aromatic heterocycles. The summed E-state index contributed by atoms with van der Waals surface area (Å²) in [5.74, 6) is 1.51. The van der Waals surface area contributed by atoms with E-state index in [0.717, 1.165) is 23.1 Å². The Bertz CT molecular complexity index is 574. The average Bonchev–Trinajstić information content (AvgIpc) is 2.28. The van der Waals surface area contributed by atoms with E-state index in [1.165, 1.54) is 6.07 Å². The first-order chi connectivity index (χ1) is 8.20. The zero-order valence-electron chi connectivity index (χ0n) is 9.60. The van der Waals surface area contributed by atoms with Crippen LogP contribution in [0.1, 0.15) is 12.0 Å². The molecule has 0 N–H and O–H groups in total. The number of benzene rings is 1. The van der Waals surface area contributed by atoms with Gasteiger partial charge in [-0.15, -0.1) is 0 Å². The fraction of sp³-hybridized carbons (Fsp3) is 0.308. The largest absolute Gasteiger partial charge is 0.493 e. The summed E-state index contributed by atoms with van der Waals surface area (Å²) in [4.78, 5) is 11.3. The number of hydrogen-bond donors (Lipinski definition) is 1. The fourth-order valence-corrected chi connectivity index (χ4v) is 1.78. The summed E-state index contributed by atoms with van der Waals surface area (Å²) in [7, 11) is 0. The summed E-state index contributed by atoms with van der Waals surface area (Å²) in [6, 6.07) is 7.03. The van der Waals surface area contributed by atoms with Crippen molar-refractivity contribution in [1.82, 2.24) is 0 Å². The second-order valence-corrected chi connectivity index (χ2v) is 4.28. The van der Waals surface area contributed by atoms with Crippen LogP contribution in [-0.2, 0) is 0 Å². The lowest BCUT2D eigenvalue weighted by atomic mass is 10.1. The van der Waals surface area contributed by atoms with Crippen LogP contribution in [-0.4, -0.2) is 12.4 Å². The molecule has 17 heavy (non-hydrogen) atoms. The molecule has 0 spiro atoms. The van der Waals surface area contributed by atoms with Gasteiger partial charge in [0.1, 0.15) is 11.3 Å². The van der Waals surface area contributed by atoms with Gasteiger partial charge in [-0.2, -0.15) is 12.6 Å². The van der Waals surface area contributed by atoms with Crippen molar-refractivity contribution in [3.8, 4) is 5.75 Å². The Balaban J connectivity index is 2.33. The Morgan fingerprint density at radius 3 is 2.94 bits per heavy atom. The van der Waals surface area contributed by atoms with Crippen molar-refractivity contribution < 1.29 is 9.15 Å². The molecule has 0 aliphatic carbocycles. The highest BCUT2D eigenvalue weighted by atomic mass is 32.1. The van der Waals surface area contributed by atoms with E-state index in [1.54, 1.807) is 6.07 Å². The summed E-state index contributed by atoms with van der Waals surface area (Å²) < 4.78 is 10.7. The van der Waals surface area contributed by atoms with Gasteiger partial charge >= 0.3 is 5.63 Å². The standard InChI is InChI=1S/C13H14O3S/c1-9-7-13(14)16-12-8-10(3-4-11(9)12)15-5-2-6-17/h3-4,7-8,17H,2,5-6H2,1H3. The van der Waals surface area contributed by atoms with E-state index in [2.05, 4.69) is 12.6 Å². The van der Waals surface area contributed by atoms with Crippen LogP contribution in [0.15, 0.2) is 33.5 Å². The fourth-order valence-electron chi connectivity index (χ4n) is 1.65. The SMILES string of the molecule is Cc1cc(=O)oc2cc(OCCCS)ccc12. The van der Waals surface area contributed by atoms with Crippen molar-refractivity contribution in [2.45, 2.75) is 13.3 Å². The molecule has 0 fully saturated rings. The first-order valence-corrected chi connectivity index (χ1v) is 6.12. The second-order valence-electron chi connectivity index (χ2n) is 3.83. The summed E-state index contributed by atoms with van der Waals surface area (Å²) in [6.07, 6.45) is 0.888. The van der Waals surface area contributed by atoms with Gasteiger partial charge in [-0.05, 0) is 36.8 Å². The van der Waals surface area contributed by atoms with Gasteiger partial charge in [0.15, 0.2) is 0 Å². The second kappa shape index (κ2) is 5.27. The minimum Gasteiger partial charge on any atom is -0.493 e. The van der Waals surface area contributed by atoms with Gasteiger partial charge in [0.2, 0.25) is 0 Å². The van der Waals surface area contributed by atoms with Crippen LogP contribution in [0.5, 0.6) is 5.75 Å². The van der Waals surface area contributed by atoms with E-state index in [-0.39, 0.29) is 5.63 Å². The van der Waals surface area contributed by atoms with Crippen molar-refractivity contribution in [2.75, 3.05) is 12.4 Å². The monoisotopic (exact) mass is 250 g/mol. The molecule has 3 nitrogen and oxygen atoms in total. The molecule has 0 amide bonds. The lowest BCUT2D eigenvalue weighted by molar-refractivity contribution is 0.318. The molecule has 2 aromatic rings. The van der Waals surface area contributed by atoms with E-state index in [4.69, 9.17) is 9.15 Å². The average molecular weight is 250 g/mol. The third-order valence-electron chi connectivity index (χ3n) is 2.49. The number of fused-ring (bicyclic) bond motifs is 1. The quantitative estimate of drug-likeness (QED) is 0.515. The van der Waals surface area contributed by atoms with E-state index in [0.29, 0.717) is 17.9 Å². The van der Waals surface area contributed by atoms with Gasteiger partial charge in [-0.3, -0.25) is 0 Å². The number of hydrogen-bond acceptors (Lipinski definition) is 4. The first kappa shape index (κ1) is 12.0. The van der Waals surface area contributed by atoms with Gasteiger partial charge in [-0.1, -0.05) is 0 Å². The minimum atomic E-state index is -0.331. The third kappa shape index (κ3) is 2.82. The minimum absolute atomic E-state index is 0.331. The number of thiol groups is 1. The summed E-state index contributed by atoms with van der Waals surface area (Å²) in [5, 5.41) is 0.936. The maximum absolute atomic E-state index is 11.3. The van der Waals surface area contributed by atoms with Gasteiger partial charge in [0.05, 0.1) is 6.61 Å². The first-order valence-electron chi connectivity index (χ1n) is 5.49. The van der Waals surface area contributed by atoms with Crippen LogP contribution in [0, 0.1) is 6.92 Å². The zero-order valence-corrected chi connectivity index (χ0v) is 10.5. The molecule has 0 radical (unpaired) electrons. The highest BCUT2D eigenvalue weighted by Gasteiger charge is 2.03. The Labute approximate surface area is 105 Å². The molecule has 0 saturated carbocycles. The van der Waals surface area contributed by atoms with Crippen molar-refractivity contribution in [3.05, 3.63) is 40.2 Å². The molecule has 1 aromatic carbocycles. The Morgan fingerprint density at radius 2 is 2.18 bits per heavy atom. The van der Waals surface area contributed by atoms with Crippen molar-refractivity contribution >= 4 is 23.6 Å². The number of ether oxygens (including phenoxy) is 1.